The van der Waals surface area contributed by atoms with Gasteiger partial charge >= 0.3 is 0 Å². The van der Waals surface area contributed by atoms with Crippen molar-refractivity contribution in [3.63, 3.8) is 0 Å². The molecule has 0 aromatic heterocycles. The van der Waals surface area contributed by atoms with E-state index in [2.05, 4.69) is 34.6 Å². The van der Waals surface area contributed by atoms with Gasteiger partial charge < -0.3 is 9.47 Å². The predicted octanol–water partition coefficient (Wildman–Crippen LogP) is 5.19. The van der Waals surface area contributed by atoms with Gasteiger partial charge in [-0.05, 0) is 67.3 Å². The molecule has 2 rings (SSSR count). The lowest BCUT2D eigenvalue weighted by Crippen LogP contribution is -2.53. The highest BCUT2D eigenvalue weighted by molar-refractivity contribution is 5.97. The monoisotopic (exact) mass is 350 g/mol. The first-order valence-electron chi connectivity index (χ1n) is 9.93. The van der Waals surface area contributed by atoms with Gasteiger partial charge in [-0.15, -0.1) is 0 Å². The molecule has 0 aliphatic heterocycles. The zero-order valence-electron chi connectivity index (χ0n) is 17.4. The molecule has 0 amide bonds. The Labute approximate surface area is 154 Å². The third kappa shape index (κ3) is 3.88. The first-order valence-corrected chi connectivity index (χ1v) is 9.93. The summed E-state index contributed by atoms with van der Waals surface area (Å²) in [7, 11) is 3.58. The number of Topliss-reactive ketones (excluding diaryl/α,β-unsaturated/α-hetero) is 1. The van der Waals surface area contributed by atoms with E-state index in [1.807, 2.05) is 7.11 Å². The topological polar surface area (TPSA) is 35.5 Å². The number of methoxy groups -OCH3 is 2. The van der Waals surface area contributed by atoms with Gasteiger partial charge in [0, 0.05) is 27.2 Å². The number of hydrogen-bond acceptors (Lipinski definition) is 3. The van der Waals surface area contributed by atoms with Gasteiger partial charge in [0.1, 0.15) is 0 Å². The molecule has 0 saturated heterocycles. The van der Waals surface area contributed by atoms with E-state index in [-0.39, 0.29) is 16.9 Å². The normalized spacial score (nSPS) is 33.3. The van der Waals surface area contributed by atoms with Crippen LogP contribution in [0, 0.1) is 22.7 Å². The van der Waals surface area contributed by atoms with E-state index < -0.39 is 0 Å². The molecule has 0 heterocycles. The Morgan fingerprint density at radius 3 is 2.48 bits per heavy atom. The maximum absolute atomic E-state index is 12.8. The van der Waals surface area contributed by atoms with Gasteiger partial charge in [0.2, 0.25) is 0 Å². The highest BCUT2D eigenvalue weighted by Crippen LogP contribution is 2.60. The summed E-state index contributed by atoms with van der Waals surface area (Å²) in [4.78, 5) is 12.8. The first kappa shape index (κ1) is 20.6. The number of hydrogen-bond donors (Lipinski definition) is 0. The summed E-state index contributed by atoms with van der Waals surface area (Å²) in [6.45, 7) is 12.2. The maximum atomic E-state index is 12.8. The lowest BCUT2D eigenvalue weighted by Gasteiger charge is -2.57. The molecule has 2 aliphatic rings. The fourth-order valence-electron chi connectivity index (χ4n) is 5.56. The van der Waals surface area contributed by atoms with Gasteiger partial charge in [-0.3, -0.25) is 4.79 Å². The second-order valence-electron chi connectivity index (χ2n) is 9.21. The molecule has 0 spiro atoms. The standard InChI is InChI=1S/C22H38O3/c1-15(11-13-24-6)8-9-17-16(2)18(23)14-19-21(3,4)20(25-7)10-12-22(17,19)5/h15,19-20H,8-14H2,1-7H3/t15-,19?,20-,22+/m0/s1. The molecule has 1 fully saturated rings. The third-order valence-corrected chi connectivity index (χ3v) is 7.36. The molecule has 0 N–H and O–H groups in total. The van der Waals surface area contributed by atoms with E-state index in [4.69, 9.17) is 9.47 Å². The summed E-state index contributed by atoms with van der Waals surface area (Å²) < 4.78 is 11.0. The molecule has 4 atom stereocenters. The van der Waals surface area contributed by atoms with Gasteiger partial charge in [0.25, 0.3) is 0 Å². The Kier molecular flexibility index (Phi) is 6.54. The van der Waals surface area contributed by atoms with Gasteiger partial charge in [0.15, 0.2) is 5.78 Å². The molecule has 25 heavy (non-hydrogen) atoms. The van der Waals surface area contributed by atoms with Crippen LogP contribution in [-0.2, 0) is 14.3 Å². The largest absolute Gasteiger partial charge is 0.385 e. The summed E-state index contributed by atoms with van der Waals surface area (Å²) in [5.74, 6) is 1.36. The van der Waals surface area contributed by atoms with E-state index in [0.717, 1.165) is 44.3 Å². The Hall–Kier alpha value is -0.670. The van der Waals surface area contributed by atoms with Gasteiger partial charge in [-0.1, -0.05) is 33.3 Å². The summed E-state index contributed by atoms with van der Waals surface area (Å²) in [5.41, 5.74) is 2.65. The summed E-state index contributed by atoms with van der Waals surface area (Å²) in [5, 5.41) is 0. The summed E-state index contributed by atoms with van der Waals surface area (Å²) in [6, 6.07) is 0. The van der Waals surface area contributed by atoms with E-state index in [1.54, 1.807) is 7.11 Å². The Bertz CT molecular complexity index is 519. The van der Waals surface area contributed by atoms with Crippen LogP contribution in [0.4, 0.5) is 0 Å². The fourth-order valence-corrected chi connectivity index (χ4v) is 5.56. The average Bonchev–Trinajstić information content (AvgIpc) is 2.55. The minimum Gasteiger partial charge on any atom is -0.385 e. The van der Waals surface area contributed by atoms with E-state index in [9.17, 15) is 4.79 Å². The minimum atomic E-state index is 0.0328. The van der Waals surface area contributed by atoms with E-state index >= 15 is 0 Å². The number of carbonyl (C=O) groups excluding carboxylic acids is 1. The zero-order valence-corrected chi connectivity index (χ0v) is 17.4. The van der Waals surface area contributed by atoms with Crippen LogP contribution in [0.2, 0.25) is 0 Å². The van der Waals surface area contributed by atoms with Crippen molar-refractivity contribution in [1.29, 1.82) is 0 Å². The van der Waals surface area contributed by atoms with Crippen molar-refractivity contribution in [3.05, 3.63) is 11.1 Å². The number of ketones is 1. The number of carbonyl (C=O) groups is 1. The van der Waals surface area contributed by atoms with Gasteiger partial charge in [-0.25, -0.2) is 0 Å². The lowest BCUT2D eigenvalue weighted by atomic mass is 9.48. The smallest absolute Gasteiger partial charge is 0.158 e. The van der Waals surface area contributed by atoms with Crippen LogP contribution in [0.3, 0.4) is 0 Å². The van der Waals surface area contributed by atoms with Crippen LogP contribution in [0.1, 0.15) is 73.1 Å². The van der Waals surface area contributed by atoms with Crippen LogP contribution >= 0.6 is 0 Å². The number of ether oxygens (including phenoxy) is 2. The van der Waals surface area contributed by atoms with Crippen LogP contribution in [0.5, 0.6) is 0 Å². The quantitative estimate of drug-likeness (QED) is 0.634. The summed E-state index contributed by atoms with van der Waals surface area (Å²) in [6.07, 6.45) is 6.42. The molecule has 1 saturated carbocycles. The molecular weight excluding hydrogens is 312 g/mol. The molecule has 0 radical (unpaired) electrons. The number of allylic oxidation sites excluding steroid dienone is 2. The molecular formula is C22H38O3. The van der Waals surface area contributed by atoms with Gasteiger partial charge in [0.05, 0.1) is 6.10 Å². The van der Waals surface area contributed by atoms with Crippen molar-refractivity contribution in [1.82, 2.24) is 0 Å². The van der Waals surface area contributed by atoms with Crippen molar-refractivity contribution >= 4 is 5.78 Å². The highest BCUT2D eigenvalue weighted by atomic mass is 16.5. The Morgan fingerprint density at radius 1 is 1.20 bits per heavy atom. The summed E-state index contributed by atoms with van der Waals surface area (Å²) >= 11 is 0. The minimum absolute atomic E-state index is 0.0328. The molecule has 0 aromatic carbocycles. The number of fused-ring (bicyclic) bond motifs is 1. The third-order valence-electron chi connectivity index (χ3n) is 7.36. The SMILES string of the molecule is COCC[C@@H](C)CCC1=C(C)C(=O)CC2C(C)(C)[C@@H](OC)CC[C@]12C. The molecule has 3 heteroatoms. The Morgan fingerprint density at radius 2 is 1.88 bits per heavy atom. The lowest BCUT2D eigenvalue weighted by molar-refractivity contribution is -0.133. The second kappa shape index (κ2) is 7.92. The molecule has 144 valence electrons. The van der Waals surface area contributed by atoms with Crippen LogP contribution in [-0.4, -0.2) is 32.7 Å². The molecule has 0 bridgehead atoms. The van der Waals surface area contributed by atoms with Crippen molar-refractivity contribution in [3.8, 4) is 0 Å². The predicted molar refractivity (Wildman–Crippen MR) is 103 cm³/mol. The first-order chi connectivity index (χ1) is 11.7. The molecule has 1 unspecified atom stereocenters. The average molecular weight is 351 g/mol. The van der Waals surface area contributed by atoms with Crippen LogP contribution < -0.4 is 0 Å². The molecule has 2 aliphatic carbocycles. The highest BCUT2D eigenvalue weighted by Gasteiger charge is 2.55. The van der Waals surface area contributed by atoms with Gasteiger partial charge in [-0.2, -0.15) is 0 Å². The Balaban J connectivity index is 2.25. The van der Waals surface area contributed by atoms with Crippen LogP contribution in [0.15, 0.2) is 11.1 Å². The molecule has 3 nitrogen and oxygen atoms in total. The van der Waals surface area contributed by atoms with Crippen LogP contribution in [0.25, 0.3) is 0 Å². The van der Waals surface area contributed by atoms with E-state index in [1.165, 1.54) is 5.57 Å². The van der Waals surface area contributed by atoms with Crippen molar-refractivity contribution in [2.75, 3.05) is 20.8 Å². The maximum Gasteiger partial charge on any atom is 0.158 e. The second-order valence-corrected chi connectivity index (χ2v) is 9.21. The zero-order chi connectivity index (χ0) is 18.8. The fraction of sp³-hybridized carbons (Fsp3) is 0.864. The van der Waals surface area contributed by atoms with E-state index in [0.29, 0.717) is 24.0 Å². The number of rotatable bonds is 7. The van der Waals surface area contributed by atoms with Crippen molar-refractivity contribution < 1.29 is 14.3 Å². The molecule has 0 aromatic rings. The van der Waals surface area contributed by atoms with Crippen molar-refractivity contribution in [2.24, 2.45) is 22.7 Å². The van der Waals surface area contributed by atoms with Crippen molar-refractivity contribution in [2.45, 2.75) is 79.2 Å².